The smallest absolute Gasteiger partial charge is 0.374 e. The fraction of sp³-hybridized carbons (Fsp3) is 0.259. The van der Waals surface area contributed by atoms with Crippen molar-refractivity contribution in [3.63, 3.8) is 0 Å². The molecule has 34 heavy (non-hydrogen) atoms. The Labute approximate surface area is 195 Å². The highest BCUT2D eigenvalue weighted by Gasteiger charge is 2.62. The van der Waals surface area contributed by atoms with E-state index in [-0.39, 0.29) is 17.2 Å². The molecule has 7 heteroatoms. The molecule has 0 fully saturated rings. The predicted molar refractivity (Wildman–Crippen MR) is 124 cm³/mol. The molecule has 0 aromatic heterocycles. The van der Waals surface area contributed by atoms with E-state index >= 15 is 0 Å². The van der Waals surface area contributed by atoms with E-state index in [0.717, 1.165) is 29.7 Å². The van der Waals surface area contributed by atoms with Crippen LogP contribution in [0.15, 0.2) is 78.0 Å². The third-order valence-electron chi connectivity index (χ3n) is 6.52. The summed E-state index contributed by atoms with van der Waals surface area (Å²) in [7, 11) is 0. The van der Waals surface area contributed by atoms with Crippen molar-refractivity contribution in [2.75, 3.05) is 11.4 Å². The van der Waals surface area contributed by atoms with Crippen LogP contribution in [-0.4, -0.2) is 24.3 Å². The van der Waals surface area contributed by atoms with Gasteiger partial charge in [0.25, 0.3) is 11.5 Å². The number of para-hydroxylation sites is 1. The van der Waals surface area contributed by atoms with Crippen LogP contribution >= 0.6 is 0 Å². The first kappa shape index (κ1) is 22.2. The normalized spacial score (nSPS) is 19.9. The lowest BCUT2D eigenvalue weighted by molar-refractivity contribution is -0.275. The second-order valence-electron chi connectivity index (χ2n) is 8.76. The molecule has 2 aliphatic rings. The number of rotatable bonds is 3. The summed E-state index contributed by atoms with van der Waals surface area (Å²) >= 11 is 0. The summed E-state index contributed by atoms with van der Waals surface area (Å²) in [4.78, 5) is 20.0. The number of halogens is 3. The van der Waals surface area contributed by atoms with Gasteiger partial charge in [-0.2, -0.15) is 13.2 Å². The third kappa shape index (κ3) is 3.75. The Bertz CT molecular complexity index is 1250. The summed E-state index contributed by atoms with van der Waals surface area (Å²) in [5, 5.41) is 3.82. The summed E-state index contributed by atoms with van der Waals surface area (Å²) in [6.45, 7) is 2.44. The SMILES string of the molecule is Cc1ccc(C2(C(F)(F)F)CC(c3ccc(C(=O)N4CCCc5ccccc54)cc3)=NO2)cc1. The van der Waals surface area contributed by atoms with Crippen LogP contribution in [0.3, 0.4) is 0 Å². The van der Waals surface area contributed by atoms with Gasteiger partial charge < -0.3 is 9.74 Å². The first-order valence-electron chi connectivity index (χ1n) is 11.2. The zero-order valence-corrected chi connectivity index (χ0v) is 18.6. The summed E-state index contributed by atoms with van der Waals surface area (Å²) in [6, 6.07) is 20.5. The molecular formula is C27H23F3N2O2. The van der Waals surface area contributed by atoms with Gasteiger partial charge in [0.15, 0.2) is 0 Å². The molecule has 2 aliphatic heterocycles. The van der Waals surface area contributed by atoms with E-state index < -0.39 is 18.2 Å². The minimum atomic E-state index is -4.65. The van der Waals surface area contributed by atoms with Crippen molar-refractivity contribution in [2.45, 2.75) is 38.0 Å². The number of alkyl halides is 3. The number of anilines is 1. The van der Waals surface area contributed by atoms with E-state index in [2.05, 4.69) is 5.16 Å². The van der Waals surface area contributed by atoms with Crippen LogP contribution in [0, 0.1) is 6.92 Å². The van der Waals surface area contributed by atoms with Gasteiger partial charge >= 0.3 is 6.18 Å². The Kier molecular flexibility index (Phi) is 5.42. The van der Waals surface area contributed by atoms with Crippen molar-refractivity contribution in [3.05, 3.63) is 101 Å². The average molecular weight is 464 g/mol. The maximum atomic E-state index is 14.1. The topological polar surface area (TPSA) is 41.9 Å². The first-order chi connectivity index (χ1) is 16.3. The summed E-state index contributed by atoms with van der Waals surface area (Å²) < 4.78 is 42.4. The molecule has 1 amide bonds. The zero-order valence-electron chi connectivity index (χ0n) is 18.6. The molecule has 1 unspecified atom stereocenters. The van der Waals surface area contributed by atoms with Gasteiger partial charge in [0.05, 0.1) is 5.71 Å². The summed E-state index contributed by atoms with van der Waals surface area (Å²) in [6.07, 6.45) is -3.27. The molecule has 0 radical (unpaired) electrons. The molecule has 2 heterocycles. The van der Waals surface area contributed by atoms with Crippen molar-refractivity contribution in [2.24, 2.45) is 5.16 Å². The monoisotopic (exact) mass is 464 g/mol. The Hall–Kier alpha value is -3.61. The number of hydrogen-bond donors (Lipinski definition) is 0. The molecule has 0 spiro atoms. The fourth-order valence-electron chi connectivity index (χ4n) is 4.59. The maximum absolute atomic E-state index is 14.1. The van der Waals surface area contributed by atoms with Gasteiger partial charge in [-0.1, -0.05) is 65.3 Å². The first-order valence-corrected chi connectivity index (χ1v) is 11.2. The Morgan fingerprint density at radius 3 is 2.41 bits per heavy atom. The number of benzene rings is 3. The highest BCUT2D eigenvalue weighted by atomic mass is 19.4. The number of hydrogen-bond acceptors (Lipinski definition) is 3. The van der Waals surface area contributed by atoms with Crippen LogP contribution in [-0.2, 0) is 16.9 Å². The Balaban J connectivity index is 1.38. The minimum Gasteiger partial charge on any atom is -0.374 e. The van der Waals surface area contributed by atoms with Crippen LogP contribution in [0.5, 0.6) is 0 Å². The van der Waals surface area contributed by atoms with E-state index in [1.807, 2.05) is 31.2 Å². The summed E-state index contributed by atoms with van der Waals surface area (Å²) in [5.74, 6) is -0.132. The molecule has 0 N–H and O–H groups in total. The number of nitrogens with zero attached hydrogens (tertiary/aromatic N) is 2. The number of oxime groups is 1. The van der Waals surface area contributed by atoms with Gasteiger partial charge in [0.2, 0.25) is 0 Å². The minimum absolute atomic E-state index is 0.0138. The Morgan fingerprint density at radius 2 is 1.71 bits per heavy atom. The van der Waals surface area contributed by atoms with Gasteiger partial charge in [-0.15, -0.1) is 0 Å². The molecule has 174 valence electrons. The van der Waals surface area contributed by atoms with Crippen LogP contribution in [0.2, 0.25) is 0 Å². The zero-order chi connectivity index (χ0) is 23.9. The number of aryl methyl sites for hydroxylation is 2. The number of carbonyl (C=O) groups is 1. The standard InChI is InChI=1S/C27H23F3N2O2/c1-18-8-14-22(15-9-18)26(27(28,29)30)17-23(31-34-26)19-10-12-21(13-11-19)25(33)32-16-4-6-20-5-2-3-7-24(20)32/h2-3,5,7-15H,4,6,16-17H2,1H3. The molecular weight excluding hydrogens is 441 g/mol. The van der Waals surface area contributed by atoms with Crippen LogP contribution in [0.25, 0.3) is 0 Å². The molecule has 0 saturated carbocycles. The van der Waals surface area contributed by atoms with Crippen molar-refractivity contribution >= 4 is 17.3 Å². The molecule has 1 atom stereocenters. The van der Waals surface area contributed by atoms with Gasteiger partial charge in [0, 0.05) is 29.8 Å². The lowest BCUT2D eigenvalue weighted by atomic mass is 9.86. The van der Waals surface area contributed by atoms with E-state index in [4.69, 9.17) is 4.84 Å². The molecule has 0 saturated heterocycles. The van der Waals surface area contributed by atoms with E-state index in [0.29, 0.717) is 17.7 Å². The van der Waals surface area contributed by atoms with Crippen molar-refractivity contribution in [1.29, 1.82) is 0 Å². The lowest BCUT2D eigenvalue weighted by Gasteiger charge is -2.29. The Morgan fingerprint density at radius 1 is 1.00 bits per heavy atom. The predicted octanol–water partition coefficient (Wildman–Crippen LogP) is 6.17. The average Bonchev–Trinajstić information content (AvgIpc) is 3.31. The second-order valence-corrected chi connectivity index (χ2v) is 8.76. The summed E-state index contributed by atoms with van der Waals surface area (Å²) in [5.41, 5.74) is 1.55. The maximum Gasteiger partial charge on any atom is 0.435 e. The van der Waals surface area contributed by atoms with E-state index in [1.54, 1.807) is 41.3 Å². The third-order valence-corrected chi connectivity index (χ3v) is 6.52. The van der Waals surface area contributed by atoms with Gasteiger partial charge in [-0.3, -0.25) is 4.79 Å². The van der Waals surface area contributed by atoms with Gasteiger partial charge in [0.1, 0.15) is 0 Å². The van der Waals surface area contributed by atoms with Gasteiger partial charge in [-0.05, 0) is 49.1 Å². The van der Waals surface area contributed by atoms with E-state index in [1.165, 1.54) is 12.1 Å². The van der Waals surface area contributed by atoms with Crippen LogP contribution < -0.4 is 4.90 Å². The van der Waals surface area contributed by atoms with Crippen molar-refractivity contribution in [3.8, 4) is 0 Å². The number of fused-ring (bicyclic) bond motifs is 1. The lowest BCUT2D eigenvalue weighted by Crippen LogP contribution is -2.42. The molecule has 3 aromatic rings. The largest absolute Gasteiger partial charge is 0.435 e. The number of carbonyl (C=O) groups excluding carboxylic acids is 1. The van der Waals surface area contributed by atoms with E-state index in [9.17, 15) is 18.0 Å². The highest BCUT2D eigenvalue weighted by molar-refractivity contribution is 6.08. The molecule has 3 aromatic carbocycles. The molecule has 0 aliphatic carbocycles. The quantitative estimate of drug-likeness (QED) is 0.465. The van der Waals surface area contributed by atoms with Crippen LogP contribution in [0.4, 0.5) is 18.9 Å². The van der Waals surface area contributed by atoms with Crippen molar-refractivity contribution in [1.82, 2.24) is 0 Å². The molecule has 5 rings (SSSR count). The molecule has 4 nitrogen and oxygen atoms in total. The number of amides is 1. The van der Waals surface area contributed by atoms with Crippen LogP contribution in [0.1, 0.15) is 45.5 Å². The van der Waals surface area contributed by atoms with Gasteiger partial charge in [-0.25, -0.2) is 0 Å². The fourth-order valence-corrected chi connectivity index (χ4v) is 4.59. The highest BCUT2D eigenvalue weighted by Crippen LogP contribution is 2.48. The second kappa shape index (κ2) is 8.31. The van der Waals surface area contributed by atoms with Crippen molar-refractivity contribution < 1.29 is 22.8 Å². The molecule has 0 bridgehead atoms.